The second-order valence-corrected chi connectivity index (χ2v) is 6.28. The van der Waals surface area contributed by atoms with Crippen LogP contribution in [0.2, 0.25) is 0 Å². The Balaban J connectivity index is 1.82. The third kappa shape index (κ3) is 6.12. The van der Waals surface area contributed by atoms with Gasteiger partial charge in [-0.25, -0.2) is 4.79 Å². The van der Waals surface area contributed by atoms with Crippen LogP contribution >= 0.6 is 0 Å². The second-order valence-electron chi connectivity index (χ2n) is 6.28. The van der Waals surface area contributed by atoms with E-state index in [1.54, 1.807) is 35.2 Å². The number of carbonyl (C=O) groups is 3. The first-order chi connectivity index (χ1) is 13.4. The number of aryl methyl sites for hydroxylation is 1. The minimum absolute atomic E-state index is 0.0441. The highest BCUT2D eigenvalue weighted by Gasteiger charge is 2.12. The van der Waals surface area contributed by atoms with E-state index in [4.69, 9.17) is 0 Å². The zero-order valence-electron chi connectivity index (χ0n) is 16.4. The summed E-state index contributed by atoms with van der Waals surface area (Å²) >= 11 is 0. The monoisotopic (exact) mass is 382 g/mol. The number of nitrogens with zero attached hydrogens (tertiary/aromatic N) is 1. The van der Waals surface area contributed by atoms with E-state index in [-0.39, 0.29) is 18.4 Å². The maximum absolute atomic E-state index is 12.3. The quantitative estimate of drug-likeness (QED) is 0.687. The van der Waals surface area contributed by atoms with Crippen molar-refractivity contribution in [2.45, 2.75) is 20.8 Å². The Kier molecular flexibility index (Phi) is 7.56. The number of hydrogen-bond acceptors (Lipinski definition) is 3. The summed E-state index contributed by atoms with van der Waals surface area (Å²) in [6, 6.07) is 13.6. The van der Waals surface area contributed by atoms with Crippen LogP contribution in [0.3, 0.4) is 0 Å². The van der Waals surface area contributed by atoms with E-state index in [0.29, 0.717) is 30.0 Å². The van der Waals surface area contributed by atoms with Crippen molar-refractivity contribution in [2.75, 3.05) is 30.3 Å². The van der Waals surface area contributed by atoms with Crippen molar-refractivity contribution in [3.63, 3.8) is 0 Å². The Morgan fingerprint density at radius 1 is 0.893 bits per heavy atom. The van der Waals surface area contributed by atoms with Crippen molar-refractivity contribution in [3.05, 3.63) is 59.7 Å². The number of carbonyl (C=O) groups excluding carboxylic acids is 3. The number of urea groups is 1. The van der Waals surface area contributed by atoms with Crippen LogP contribution in [0.4, 0.5) is 16.2 Å². The maximum atomic E-state index is 12.3. The summed E-state index contributed by atoms with van der Waals surface area (Å²) in [6.45, 7) is 6.90. The van der Waals surface area contributed by atoms with Crippen LogP contribution in [0.1, 0.15) is 29.8 Å². The molecule has 0 radical (unpaired) electrons. The molecule has 0 fully saturated rings. The van der Waals surface area contributed by atoms with Gasteiger partial charge in [0.05, 0.1) is 6.54 Å². The molecule has 28 heavy (non-hydrogen) atoms. The number of rotatable bonds is 7. The van der Waals surface area contributed by atoms with Crippen LogP contribution in [-0.2, 0) is 4.79 Å². The predicted octanol–water partition coefficient (Wildman–Crippen LogP) is 3.24. The van der Waals surface area contributed by atoms with Crippen LogP contribution in [0.25, 0.3) is 0 Å². The average molecular weight is 382 g/mol. The molecule has 0 unspecified atom stereocenters. The van der Waals surface area contributed by atoms with E-state index in [1.807, 2.05) is 39.0 Å². The van der Waals surface area contributed by atoms with E-state index < -0.39 is 6.03 Å². The maximum Gasteiger partial charge on any atom is 0.319 e. The van der Waals surface area contributed by atoms with E-state index in [0.717, 1.165) is 5.56 Å². The standard InChI is InChI=1S/C21H26N4O3/c1-4-25(5-2)20(27)16-9-11-17(12-10-16)23-19(26)14-22-21(28)24-18-8-6-7-15(3)13-18/h6-13H,4-5,14H2,1-3H3,(H,23,26)(H2,22,24,28). The lowest BCUT2D eigenvalue weighted by Gasteiger charge is -2.18. The molecule has 2 rings (SSSR count). The summed E-state index contributed by atoms with van der Waals surface area (Å²) in [5, 5.41) is 7.87. The third-order valence-corrected chi connectivity index (χ3v) is 4.15. The lowest BCUT2D eigenvalue weighted by Crippen LogP contribution is -2.35. The van der Waals surface area contributed by atoms with Gasteiger partial charge < -0.3 is 20.9 Å². The van der Waals surface area contributed by atoms with Crippen LogP contribution in [0.5, 0.6) is 0 Å². The zero-order valence-corrected chi connectivity index (χ0v) is 16.4. The van der Waals surface area contributed by atoms with Crippen LogP contribution in [-0.4, -0.2) is 42.4 Å². The minimum atomic E-state index is -0.457. The Morgan fingerprint density at radius 2 is 1.57 bits per heavy atom. The first-order valence-corrected chi connectivity index (χ1v) is 9.23. The highest BCUT2D eigenvalue weighted by atomic mass is 16.2. The van der Waals surface area contributed by atoms with E-state index in [2.05, 4.69) is 16.0 Å². The fraction of sp³-hybridized carbons (Fsp3) is 0.286. The Labute approximate surface area is 165 Å². The summed E-state index contributed by atoms with van der Waals surface area (Å²) in [4.78, 5) is 37.9. The topological polar surface area (TPSA) is 90.5 Å². The Bertz CT molecular complexity index is 830. The molecule has 7 heteroatoms. The van der Waals surface area contributed by atoms with Gasteiger partial charge in [-0.05, 0) is 62.7 Å². The van der Waals surface area contributed by atoms with Crippen LogP contribution < -0.4 is 16.0 Å². The molecule has 0 saturated heterocycles. The molecule has 0 heterocycles. The van der Waals surface area contributed by atoms with Gasteiger partial charge in [-0.2, -0.15) is 0 Å². The Hall–Kier alpha value is -3.35. The molecule has 0 aliphatic carbocycles. The molecule has 7 nitrogen and oxygen atoms in total. The van der Waals surface area contributed by atoms with Gasteiger partial charge in [0.15, 0.2) is 0 Å². The third-order valence-electron chi connectivity index (χ3n) is 4.15. The molecule has 0 spiro atoms. The molecule has 0 atom stereocenters. The highest BCUT2D eigenvalue weighted by molar-refractivity contribution is 5.98. The molecular formula is C21H26N4O3. The number of amides is 4. The van der Waals surface area contributed by atoms with Crippen molar-refractivity contribution in [3.8, 4) is 0 Å². The summed E-state index contributed by atoms with van der Waals surface area (Å²) in [5.41, 5.74) is 2.81. The SMILES string of the molecule is CCN(CC)C(=O)c1ccc(NC(=O)CNC(=O)Nc2cccc(C)c2)cc1. The van der Waals surface area contributed by atoms with Gasteiger partial charge in [-0.1, -0.05) is 12.1 Å². The normalized spacial score (nSPS) is 10.1. The number of hydrogen-bond donors (Lipinski definition) is 3. The van der Waals surface area contributed by atoms with Crippen molar-refractivity contribution in [1.82, 2.24) is 10.2 Å². The van der Waals surface area contributed by atoms with Crippen LogP contribution in [0, 0.1) is 6.92 Å². The van der Waals surface area contributed by atoms with Crippen molar-refractivity contribution in [1.29, 1.82) is 0 Å². The summed E-state index contributed by atoms with van der Waals surface area (Å²) in [7, 11) is 0. The van der Waals surface area contributed by atoms with Gasteiger partial charge in [0.25, 0.3) is 5.91 Å². The molecule has 2 aromatic carbocycles. The number of nitrogens with one attached hydrogen (secondary N) is 3. The lowest BCUT2D eigenvalue weighted by molar-refractivity contribution is -0.115. The van der Waals surface area contributed by atoms with Gasteiger partial charge >= 0.3 is 6.03 Å². The van der Waals surface area contributed by atoms with E-state index in [9.17, 15) is 14.4 Å². The molecule has 0 aliphatic heterocycles. The molecule has 0 saturated carbocycles. The molecule has 148 valence electrons. The summed E-state index contributed by atoms with van der Waals surface area (Å²) < 4.78 is 0. The summed E-state index contributed by atoms with van der Waals surface area (Å²) in [6.07, 6.45) is 0. The molecular weight excluding hydrogens is 356 g/mol. The van der Waals surface area contributed by atoms with Crippen molar-refractivity contribution >= 4 is 29.2 Å². The first-order valence-electron chi connectivity index (χ1n) is 9.23. The zero-order chi connectivity index (χ0) is 20.5. The van der Waals surface area contributed by atoms with Gasteiger partial charge in [-0.3, -0.25) is 9.59 Å². The average Bonchev–Trinajstić information content (AvgIpc) is 2.68. The van der Waals surface area contributed by atoms with Gasteiger partial charge in [-0.15, -0.1) is 0 Å². The van der Waals surface area contributed by atoms with Crippen molar-refractivity contribution < 1.29 is 14.4 Å². The number of anilines is 2. The largest absolute Gasteiger partial charge is 0.339 e. The summed E-state index contributed by atoms with van der Waals surface area (Å²) in [5.74, 6) is -0.403. The molecule has 4 amide bonds. The molecule has 0 bridgehead atoms. The minimum Gasteiger partial charge on any atom is -0.339 e. The molecule has 0 aromatic heterocycles. The van der Waals surface area contributed by atoms with Gasteiger partial charge in [0, 0.05) is 30.0 Å². The molecule has 3 N–H and O–H groups in total. The van der Waals surface area contributed by atoms with E-state index in [1.165, 1.54) is 0 Å². The van der Waals surface area contributed by atoms with E-state index >= 15 is 0 Å². The van der Waals surface area contributed by atoms with Gasteiger partial charge in [0.2, 0.25) is 5.91 Å². The number of benzene rings is 2. The fourth-order valence-electron chi connectivity index (χ4n) is 2.65. The molecule has 2 aromatic rings. The molecule has 0 aliphatic rings. The van der Waals surface area contributed by atoms with Crippen molar-refractivity contribution in [2.24, 2.45) is 0 Å². The second kappa shape index (κ2) is 10.1. The smallest absolute Gasteiger partial charge is 0.319 e. The van der Waals surface area contributed by atoms with Crippen LogP contribution in [0.15, 0.2) is 48.5 Å². The lowest BCUT2D eigenvalue weighted by atomic mass is 10.1. The first kappa shape index (κ1) is 21.0. The predicted molar refractivity (Wildman–Crippen MR) is 111 cm³/mol. The Morgan fingerprint density at radius 3 is 2.18 bits per heavy atom. The fourth-order valence-corrected chi connectivity index (χ4v) is 2.65. The highest BCUT2D eigenvalue weighted by Crippen LogP contribution is 2.12. The van der Waals surface area contributed by atoms with Gasteiger partial charge in [0.1, 0.15) is 0 Å².